The molecule has 0 atom stereocenters. The van der Waals surface area contributed by atoms with E-state index in [1.54, 1.807) is 66.7 Å². The van der Waals surface area contributed by atoms with E-state index >= 15 is 0 Å². The molecule has 0 saturated carbocycles. The molecule has 0 unspecified atom stereocenters. The Hall–Kier alpha value is -4.26. The van der Waals surface area contributed by atoms with E-state index in [1.807, 2.05) is 33.8 Å². The SMILES string of the molecule is Cc1cccc(C(=O)Oc2ccccc2/C(=N\N)C(=O)c2ccc(NC(=O)C(C)(C)C)cc2)c1. The van der Waals surface area contributed by atoms with Crippen LogP contribution in [0.1, 0.15) is 52.6 Å². The van der Waals surface area contributed by atoms with Gasteiger partial charge in [-0.1, -0.05) is 50.6 Å². The van der Waals surface area contributed by atoms with Gasteiger partial charge in [-0.25, -0.2) is 4.79 Å². The Morgan fingerprint density at radius 1 is 0.882 bits per heavy atom. The van der Waals surface area contributed by atoms with Crippen molar-refractivity contribution in [2.24, 2.45) is 16.4 Å². The molecule has 0 bridgehead atoms. The number of esters is 1. The molecule has 1 amide bonds. The van der Waals surface area contributed by atoms with Gasteiger partial charge in [0.1, 0.15) is 11.5 Å². The van der Waals surface area contributed by atoms with Crippen LogP contribution in [0.4, 0.5) is 5.69 Å². The van der Waals surface area contributed by atoms with Crippen molar-refractivity contribution in [2.45, 2.75) is 27.7 Å². The summed E-state index contributed by atoms with van der Waals surface area (Å²) in [6, 6.07) is 20.0. The van der Waals surface area contributed by atoms with E-state index in [2.05, 4.69) is 10.4 Å². The third kappa shape index (κ3) is 5.75. The number of hydrazone groups is 1. The van der Waals surface area contributed by atoms with Crippen LogP contribution >= 0.6 is 0 Å². The minimum atomic E-state index is -0.557. The quantitative estimate of drug-likeness (QED) is 0.139. The predicted molar refractivity (Wildman–Crippen MR) is 132 cm³/mol. The number of aryl methyl sites for hydroxylation is 1. The first kappa shape index (κ1) is 24.4. The highest BCUT2D eigenvalue weighted by Gasteiger charge is 2.23. The van der Waals surface area contributed by atoms with Crippen molar-refractivity contribution >= 4 is 29.1 Å². The molecule has 174 valence electrons. The van der Waals surface area contributed by atoms with Crippen molar-refractivity contribution in [1.29, 1.82) is 0 Å². The maximum Gasteiger partial charge on any atom is 0.343 e. The van der Waals surface area contributed by atoms with E-state index in [9.17, 15) is 14.4 Å². The Kier molecular flexibility index (Phi) is 7.26. The van der Waals surface area contributed by atoms with Crippen molar-refractivity contribution in [1.82, 2.24) is 0 Å². The number of nitrogens with one attached hydrogen (secondary N) is 1. The molecule has 7 nitrogen and oxygen atoms in total. The Balaban J connectivity index is 1.84. The second kappa shape index (κ2) is 10.1. The molecule has 0 saturated heterocycles. The molecule has 0 radical (unpaired) electrons. The van der Waals surface area contributed by atoms with Crippen LogP contribution in [0.25, 0.3) is 0 Å². The lowest BCUT2D eigenvalue weighted by Gasteiger charge is -2.17. The highest BCUT2D eigenvalue weighted by molar-refractivity contribution is 6.52. The average molecular weight is 458 g/mol. The molecule has 0 spiro atoms. The summed E-state index contributed by atoms with van der Waals surface area (Å²) in [7, 11) is 0. The minimum Gasteiger partial charge on any atom is -0.422 e. The lowest BCUT2D eigenvalue weighted by atomic mass is 9.95. The second-order valence-electron chi connectivity index (χ2n) is 8.84. The normalized spacial score (nSPS) is 11.6. The van der Waals surface area contributed by atoms with Gasteiger partial charge in [-0.2, -0.15) is 5.10 Å². The average Bonchev–Trinajstić information content (AvgIpc) is 2.80. The molecule has 0 aliphatic carbocycles. The van der Waals surface area contributed by atoms with Crippen LogP contribution < -0.4 is 15.9 Å². The maximum absolute atomic E-state index is 13.2. The van der Waals surface area contributed by atoms with Gasteiger partial charge in [-0.15, -0.1) is 0 Å². The zero-order chi connectivity index (χ0) is 24.9. The van der Waals surface area contributed by atoms with Gasteiger partial charge >= 0.3 is 5.97 Å². The molecule has 0 heterocycles. The van der Waals surface area contributed by atoms with E-state index in [1.165, 1.54) is 0 Å². The number of benzene rings is 3. The highest BCUT2D eigenvalue weighted by atomic mass is 16.5. The number of nitrogens with two attached hydrogens (primary N) is 1. The molecular weight excluding hydrogens is 430 g/mol. The summed E-state index contributed by atoms with van der Waals surface area (Å²) in [5.41, 5.74) is 1.88. The third-order valence-corrected chi connectivity index (χ3v) is 5.03. The van der Waals surface area contributed by atoms with E-state index in [0.29, 0.717) is 22.4 Å². The van der Waals surface area contributed by atoms with Crippen molar-refractivity contribution in [3.05, 3.63) is 95.1 Å². The smallest absolute Gasteiger partial charge is 0.343 e. The van der Waals surface area contributed by atoms with Gasteiger partial charge < -0.3 is 15.9 Å². The van der Waals surface area contributed by atoms with Crippen molar-refractivity contribution in [3.8, 4) is 5.75 Å². The van der Waals surface area contributed by atoms with Crippen LogP contribution in [0.3, 0.4) is 0 Å². The zero-order valence-electron chi connectivity index (χ0n) is 19.6. The Bertz CT molecular complexity index is 1260. The predicted octanol–water partition coefficient (Wildman–Crippen LogP) is 4.74. The van der Waals surface area contributed by atoms with E-state index in [-0.39, 0.29) is 17.4 Å². The third-order valence-electron chi connectivity index (χ3n) is 5.03. The number of carbonyl (C=O) groups excluding carboxylic acids is 3. The van der Waals surface area contributed by atoms with Gasteiger partial charge in [-0.05, 0) is 55.5 Å². The number of ether oxygens (including phenoxy) is 1. The summed E-state index contributed by atoms with van der Waals surface area (Å²) < 4.78 is 5.58. The van der Waals surface area contributed by atoms with Crippen molar-refractivity contribution in [2.75, 3.05) is 5.32 Å². The molecule has 3 rings (SSSR count). The number of rotatable bonds is 6. The van der Waals surface area contributed by atoms with Crippen LogP contribution in [0.5, 0.6) is 5.75 Å². The number of ketones is 1. The standard InChI is InChI=1S/C27H27N3O4/c1-17-8-7-9-19(16-17)25(32)34-22-11-6-5-10-21(22)23(30-28)24(31)18-12-14-20(15-13-18)29-26(33)27(2,3)4/h5-16H,28H2,1-4H3,(H,29,33)/b30-23+. The summed E-state index contributed by atoms with van der Waals surface area (Å²) in [5, 5.41) is 6.51. The summed E-state index contributed by atoms with van der Waals surface area (Å²) in [6.07, 6.45) is 0. The van der Waals surface area contributed by atoms with Gasteiger partial charge in [0.15, 0.2) is 0 Å². The fraction of sp³-hybridized carbons (Fsp3) is 0.185. The first-order chi connectivity index (χ1) is 16.1. The number of hydrogen-bond acceptors (Lipinski definition) is 6. The first-order valence-electron chi connectivity index (χ1n) is 10.7. The molecule has 0 aliphatic rings. The fourth-order valence-corrected chi connectivity index (χ4v) is 3.09. The van der Waals surface area contributed by atoms with Crippen molar-refractivity contribution < 1.29 is 19.1 Å². The number of Topliss-reactive ketones (excluding diaryl/α,β-unsaturated/α-hetero) is 1. The summed E-state index contributed by atoms with van der Waals surface area (Å²) in [5.74, 6) is 4.61. The number of anilines is 1. The molecule has 7 heteroatoms. The first-order valence-corrected chi connectivity index (χ1v) is 10.7. The largest absolute Gasteiger partial charge is 0.422 e. The second-order valence-corrected chi connectivity index (χ2v) is 8.84. The summed E-state index contributed by atoms with van der Waals surface area (Å²) in [4.78, 5) is 38.0. The molecular formula is C27H27N3O4. The van der Waals surface area contributed by atoms with Crippen LogP contribution in [0, 0.1) is 12.3 Å². The van der Waals surface area contributed by atoms with Crippen LogP contribution in [-0.2, 0) is 4.79 Å². The lowest BCUT2D eigenvalue weighted by Crippen LogP contribution is -2.27. The molecule has 34 heavy (non-hydrogen) atoms. The van der Waals surface area contributed by atoms with Gasteiger partial charge in [0, 0.05) is 22.2 Å². The minimum absolute atomic E-state index is 0.0564. The summed E-state index contributed by atoms with van der Waals surface area (Å²) >= 11 is 0. The molecule has 3 N–H and O–H groups in total. The number of nitrogens with zero attached hydrogens (tertiary/aromatic N) is 1. The Labute approximate surface area is 198 Å². The molecule has 3 aromatic rings. The Morgan fingerprint density at radius 2 is 1.56 bits per heavy atom. The zero-order valence-corrected chi connectivity index (χ0v) is 19.6. The van der Waals surface area contributed by atoms with Crippen molar-refractivity contribution in [3.63, 3.8) is 0 Å². The van der Waals surface area contributed by atoms with Gasteiger partial charge in [0.25, 0.3) is 0 Å². The monoisotopic (exact) mass is 457 g/mol. The van der Waals surface area contributed by atoms with Gasteiger partial charge in [0.2, 0.25) is 11.7 Å². The van der Waals surface area contributed by atoms with Crippen LogP contribution in [0.2, 0.25) is 0 Å². The number of carbonyl (C=O) groups is 3. The highest BCUT2D eigenvalue weighted by Crippen LogP contribution is 2.23. The van der Waals surface area contributed by atoms with E-state index in [0.717, 1.165) is 5.56 Å². The molecule has 0 aromatic heterocycles. The number of amides is 1. The molecule has 0 fully saturated rings. The maximum atomic E-state index is 13.2. The van der Waals surface area contributed by atoms with Gasteiger partial charge in [0.05, 0.1) is 5.56 Å². The van der Waals surface area contributed by atoms with Crippen LogP contribution in [-0.4, -0.2) is 23.4 Å². The summed E-state index contributed by atoms with van der Waals surface area (Å²) in [6.45, 7) is 7.32. The lowest BCUT2D eigenvalue weighted by molar-refractivity contribution is -0.123. The van der Waals surface area contributed by atoms with Gasteiger partial charge in [-0.3, -0.25) is 9.59 Å². The number of hydrogen-bond donors (Lipinski definition) is 2. The van der Waals surface area contributed by atoms with E-state index in [4.69, 9.17) is 10.6 Å². The number of para-hydroxylation sites is 1. The fourth-order valence-electron chi connectivity index (χ4n) is 3.09. The van der Waals surface area contributed by atoms with E-state index < -0.39 is 17.2 Å². The topological polar surface area (TPSA) is 111 Å². The van der Waals surface area contributed by atoms with Crippen LogP contribution in [0.15, 0.2) is 77.9 Å². The molecule has 3 aromatic carbocycles. The molecule has 0 aliphatic heterocycles. The Morgan fingerprint density at radius 3 is 2.18 bits per heavy atom.